The Morgan fingerprint density at radius 1 is 1.30 bits per heavy atom. The van der Waals surface area contributed by atoms with E-state index in [1.54, 1.807) is 13.0 Å². The van der Waals surface area contributed by atoms with Gasteiger partial charge in [-0.15, -0.1) is 0 Å². The van der Waals surface area contributed by atoms with Crippen molar-refractivity contribution in [1.82, 2.24) is 0 Å². The summed E-state index contributed by atoms with van der Waals surface area (Å²) in [4.78, 5) is 23.3. The predicted molar refractivity (Wildman–Crippen MR) is 74.5 cm³/mol. The third-order valence-corrected chi connectivity index (χ3v) is 3.37. The largest absolute Gasteiger partial charge is 0.495 e. The second-order valence-electron chi connectivity index (χ2n) is 4.25. The topological polar surface area (TPSA) is 65.7 Å². The summed E-state index contributed by atoms with van der Waals surface area (Å²) in [5.74, 6) is -0.648. The Kier molecular flexibility index (Phi) is 3.99. The minimum absolute atomic E-state index is 0.310. The molecule has 0 fully saturated rings. The van der Waals surface area contributed by atoms with Crippen molar-refractivity contribution in [2.45, 2.75) is 12.8 Å². The van der Waals surface area contributed by atoms with Crippen LogP contribution in [0.2, 0.25) is 5.02 Å². The van der Waals surface area contributed by atoms with Crippen LogP contribution in [0.5, 0.6) is 5.75 Å². The summed E-state index contributed by atoms with van der Waals surface area (Å²) in [6.07, 6.45) is 0. The minimum atomic E-state index is -0.601. The number of hydrogen-bond donors (Lipinski definition) is 0. The highest BCUT2D eigenvalue weighted by Gasteiger charge is 2.21. The molecule has 0 aliphatic carbocycles. The van der Waals surface area contributed by atoms with Gasteiger partial charge in [0.15, 0.2) is 0 Å². The molecule has 106 valence electrons. The zero-order valence-electron chi connectivity index (χ0n) is 11.2. The number of fused-ring (bicyclic) bond motifs is 1. The van der Waals surface area contributed by atoms with Gasteiger partial charge in [0.25, 0.3) is 0 Å². The number of hydrogen-bond acceptors (Lipinski definition) is 5. The molecule has 0 saturated carbocycles. The van der Waals surface area contributed by atoms with Crippen molar-refractivity contribution in [1.29, 1.82) is 0 Å². The molecule has 0 N–H and O–H groups in total. The van der Waals surface area contributed by atoms with Crippen molar-refractivity contribution in [2.75, 3.05) is 14.2 Å². The molecule has 0 aliphatic rings. The summed E-state index contributed by atoms with van der Waals surface area (Å²) >= 11 is 6.07. The van der Waals surface area contributed by atoms with Gasteiger partial charge in [-0.05, 0) is 18.6 Å². The Hall–Kier alpha value is -2.01. The minimum Gasteiger partial charge on any atom is -0.495 e. The highest BCUT2D eigenvalue weighted by Crippen LogP contribution is 2.33. The van der Waals surface area contributed by atoms with Crippen LogP contribution >= 0.6 is 11.6 Å². The fourth-order valence-electron chi connectivity index (χ4n) is 2.01. The van der Waals surface area contributed by atoms with Crippen molar-refractivity contribution in [3.63, 3.8) is 0 Å². The highest BCUT2D eigenvalue weighted by molar-refractivity contribution is 6.32. The SMILES string of the molecule is COC(=O)[C@H](C)c1cc(=O)oc2cc(OC)c(Cl)cc12. The molecule has 2 aromatic rings. The van der Waals surface area contributed by atoms with E-state index in [9.17, 15) is 9.59 Å². The molecule has 6 heteroatoms. The van der Waals surface area contributed by atoms with Crippen LogP contribution in [0.1, 0.15) is 18.4 Å². The molecular formula is C14H13ClO5. The highest BCUT2D eigenvalue weighted by atomic mass is 35.5. The van der Waals surface area contributed by atoms with E-state index >= 15 is 0 Å². The van der Waals surface area contributed by atoms with Gasteiger partial charge in [0.2, 0.25) is 0 Å². The fourth-order valence-corrected chi connectivity index (χ4v) is 2.25. The second kappa shape index (κ2) is 5.54. The zero-order valence-corrected chi connectivity index (χ0v) is 12.0. The van der Waals surface area contributed by atoms with Gasteiger partial charge in [-0.2, -0.15) is 0 Å². The first-order valence-electron chi connectivity index (χ1n) is 5.87. The number of benzene rings is 1. The van der Waals surface area contributed by atoms with Crippen LogP contribution in [0.15, 0.2) is 27.4 Å². The van der Waals surface area contributed by atoms with Crippen LogP contribution < -0.4 is 10.4 Å². The summed E-state index contributed by atoms with van der Waals surface area (Å²) in [7, 11) is 2.76. The Morgan fingerprint density at radius 2 is 2.00 bits per heavy atom. The number of carbonyl (C=O) groups excluding carboxylic acids is 1. The maximum Gasteiger partial charge on any atom is 0.336 e. The van der Waals surface area contributed by atoms with Crippen molar-refractivity contribution in [2.24, 2.45) is 0 Å². The average Bonchev–Trinajstić information content (AvgIpc) is 2.44. The molecule has 5 nitrogen and oxygen atoms in total. The predicted octanol–water partition coefficient (Wildman–Crippen LogP) is 2.73. The summed E-state index contributed by atoms with van der Waals surface area (Å²) in [5, 5.41) is 0.945. The average molecular weight is 297 g/mol. The molecular weight excluding hydrogens is 284 g/mol. The van der Waals surface area contributed by atoms with Crippen LogP contribution in [0, 0.1) is 0 Å². The van der Waals surface area contributed by atoms with E-state index in [0.717, 1.165) is 0 Å². The standard InChI is InChI=1S/C14H13ClO5/c1-7(14(17)19-3)8-5-13(16)20-11-6-12(18-2)10(15)4-9(8)11/h4-7H,1-3H3/t7-/m1/s1. The van der Waals surface area contributed by atoms with Crippen LogP contribution in [0.4, 0.5) is 0 Å². The lowest BCUT2D eigenvalue weighted by Crippen LogP contribution is -2.13. The molecule has 0 radical (unpaired) electrons. The van der Waals surface area contributed by atoms with E-state index in [-0.39, 0.29) is 0 Å². The smallest absolute Gasteiger partial charge is 0.336 e. The van der Waals surface area contributed by atoms with Crippen molar-refractivity contribution < 1.29 is 18.7 Å². The van der Waals surface area contributed by atoms with Gasteiger partial charge in [-0.3, -0.25) is 4.79 Å². The first-order valence-corrected chi connectivity index (χ1v) is 6.24. The lowest BCUT2D eigenvalue weighted by atomic mass is 9.98. The molecule has 0 unspecified atom stereocenters. The van der Waals surface area contributed by atoms with Gasteiger partial charge in [-0.1, -0.05) is 11.6 Å². The number of carbonyl (C=O) groups is 1. The van der Waals surface area contributed by atoms with E-state index in [2.05, 4.69) is 0 Å². The monoisotopic (exact) mass is 296 g/mol. The summed E-state index contributed by atoms with van der Waals surface area (Å²) in [5.41, 5.74) is 0.268. The molecule has 0 bridgehead atoms. The molecule has 1 aromatic heterocycles. The molecule has 0 amide bonds. The summed E-state index contributed by atoms with van der Waals surface area (Å²) in [6.45, 7) is 1.65. The number of esters is 1. The Labute approximate surface area is 120 Å². The van der Waals surface area contributed by atoms with Gasteiger partial charge in [0.05, 0.1) is 25.2 Å². The summed E-state index contributed by atoms with van der Waals surface area (Å²) in [6, 6.07) is 4.40. The van der Waals surface area contributed by atoms with Crippen LogP contribution in [0.25, 0.3) is 11.0 Å². The first kappa shape index (κ1) is 14.4. The third-order valence-electron chi connectivity index (χ3n) is 3.07. The van der Waals surface area contributed by atoms with E-state index < -0.39 is 17.5 Å². The first-order chi connectivity index (χ1) is 9.47. The third kappa shape index (κ3) is 2.49. The zero-order chi connectivity index (χ0) is 14.9. The van der Waals surface area contributed by atoms with E-state index in [1.807, 2.05) is 0 Å². The molecule has 20 heavy (non-hydrogen) atoms. The normalized spacial score (nSPS) is 12.2. The van der Waals surface area contributed by atoms with Gasteiger partial charge < -0.3 is 13.9 Å². The summed E-state index contributed by atoms with van der Waals surface area (Å²) < 4.78 is 14.9. The second-order valence-corrected chi connectivity index (χ2v) is 4.66. The molecule has 0 spiro atoms. The lowest BCUT2D eigenvalue weighted by molar-refractivity contribution is -0.141. The molecule has 0 saturated heterocycles. The number of methoxy groups -OCH3 is 2. The van der Waals surface area contributed by atoms with Gasteiger partial charge in [0.1, 0.15) is 11.3 Å². The number of rotatable bonds is 3. The number of ether oxygens (including phenoxy) is 2. The molecule has 1 aromatic carbocycles. The Balaban J connectivity index is 2.74. The van der Waals surface area contributed by atoms with Crippen molar-refractivity contribution >= 4 is 28.5 Å². The van der Waals surface area contributed by atoms with Crippen LogP contribution in [0.3, 0.4) is 0 Å². The Bertz CT molecular complexity index is 719. The maximum absolute atomic E-state index is 11.7. The van der Waals surface area contributed by atoms with Gasteiger partial charge in [-0.25, -0.2) is 4.79 Å². The lowest BCUT2D eigenvalue weighted by Gasteiger charge is -2.12. The van der Waals surface area contributed by atoms with Crippen molar-refractivity contribution in [3.8, 4) is 5.75 Å². The quantitative estimate of drug-likeness (QED) is 0.643. The van der Waals surface area contributed by atoms with Gasteiger partial charge in [0, 0.05) is 17.5 Å². The van der Waals surface area contributed by atoms with Crippen LogP contribution in [-0.4, -0.2) is 20.2 Å². The molecule has 1 heterocycles. The molecule has 1 atom stereocenters. The molecule has 2 rings (SSSR count). The van der Waals surface area contributed by atoms with Crippen LogP contribution in [-0.2, 0) is 9.53 Å². The van der Waals surface area contributed by atoms with Gasteiger partial charge >= 0.3 is 11.6 Å². The van der Waals surface area contributed by atoms with E-state index in [4.69, 9.17) is 25.5 Å². The maximum atomic E-state index is 11.7. The van der Waals surface area contributed by atoms with Crippen molar-refractivity contribution in [3.05, 3.63) is 39.2 Å². The Morgan fingerprint density at radius 3 is 2.60 bits per heavy atom. The fraction of sp³-hybridized carbons (Fsp3) is 0.286. The van der Waals surface area contributed by atoms with E-state index in [0.29, 0.717) is 27.3 Å². The number of halogens is 1. The van der Waals surface area contributed by atoms with E-state index in [1.165, 1.54) is 26.4 Å². The molecule has 0 aliphatic heterocycles.